The van der Waals surface area contributed by atoms with E-state index in [9.17, 15) is 9.59 Å². The van der Waals surface area contributed by atoms with Crippen LogP contribution in [0.5, 0.6) is 0 Å². The van der Waals surface area contributed by atoms with Crippen molar-refractivity contribution >= 4 is 35.1 Å². The molecule has 6 nitrogen and oxygen atoms in total. The van der Waals surface area contributed by atoms with Gasteiger partial charge in [-0.05, 0) is 12.0 Å². The third-order valence-corrected chi connectivity index (χ3v) is 3.03. The van der Waals surface area contributed by atoms with Crippen LogP contribution in [0.25, 0.3) is 0 Å². The van der Waals surface area contributed by atoms with E-state index < -0.39 is 17.8 Å². The Kier molecular flexibility index (Phi) is 5.50. The molecular formula is C11H13Cl2N3O3. The van der Waals surface area contributed by atoms with Crippen LogP contribution < -0.4 is 5.32 Å². The predicted molar refractivity (Wildman–Crippen MR) is 70.3 cm³/mol. The van der Waals surface area contributed by atoms with E-state index in [1.54, 1.807) is 13.8 Å². The number of carbonyl (C=O) groups is 2. The molecule has 0 fully saturated rings. The predicted octanol–water partition coefficient (Wildman–Crippen LogP) is 1.87. The average Bonchev–Trinajstić information content (AvgIpc) is 2.31. The molecular weight excluding hydrogens is 293 g/mol. The quantitative estimate of drug-likeness (QED) is 0.866. The van der Waals surface area contributed by atoms with E-state index in [0.717, 1.165) is 0 Å². The molecule has 0 saturated carbocycles. The third kappa shape index (κ3) is 4.33. The molecule has 0 aliphatic carbocycles. The van der Waals surface area contributed by atoms with Crippen LogP contribution in [0.4, 0.5) is 0 Å². The molecule has 1 aromatic rings. The lowest BCUT2D eigenvalue weighted by Crippen LogP contribution is -2.35. The first-order valence-corrected chi connectivity index (χ1v) is 6.28. The van der Waals surface area contributed by atoms with Crippen LogP contribution in [0.2, 0.25) is 10.3 Å². The molecule has 1 amide bonds. The van der Waals surface area contributed by atoms with E-state index in [-0.39, 0.29) is 28.3 Å². The second-order valence-electron chi connectivity index (χ2n) is 4.27. The number of carboxylic acid groups (broad SMARTS) is 1. The van der Waals surface area contributed by atoms with Gasteiger partial charge in [-0.25, -0.2) is 0 Å². The van der Waals surface area contributed by atoms with Gasteiger partial charge >= 0.3 is 5.97 Å². The summed E-state index contributed by atoms with van der Waals surface area (Å²) in [5, 5.41) is 18.4. The number of nitrogens with zero attached hydrogens (tertiary/aromatic N) is 2. The van der Waals surface area contributed by atoms with Crippen LogP contribution in [0.1, 0.15) is 24.2 Å². The van der Waals surface area contributed by atoms with Crippen LogP contribution in [0.3, 0.4) is 0 Å². The minimum atomic E-state index is -0.965. The number of halogens is 2. The number of aliphatic carboxylic acids is 1. The number of rotatable bonds is 5. The SMILES string of the molecule is CC(C)C(CNC(=O)c1cc(Cl)nnc1Cl)C(=O)O. The summed E-state index contributed by atoms with van der Waals surface area (Å²) in [6, 6.07) is 1.28. The van der Waals surface area contributed by atoms with Gasteiger partial charge in [-0.15, -0.1) is 10.2 Å². The molecule has 0 aromatic carbocycles. The molecule has 1 atom stereocenters. The zero-order valence-electron chi connectivity index (χ0n) is 10.4. The van der Waals surface area contributed by atoms with Crippen molar-refractivity contribution in [3.8, 4) is 0 Å². The highest BCUT2D eigenvalue weighted by atomic mass is 35.5. The number of nitrogens with one attached hydrogen (secondary N) is 1. The van der Waals surface area contributed by atoms with Crippen molar-refractivity contribution in [3.05, 3.63) is 21.9 Å². The zero-order valence-corrected chi connectivity index (χ0v) is 11.9. The molecule has 1 rings (SSSR count). The van der Waals surface area contributed by atoms with E-state index in [2.05, 4.69) is 15.5 Å². The van der Waals surface area contributed by atoms with Gasteiger partial charge in [0.15, 0.2) is 10.3 Å². The summed E-state index contributed by atoms with van der Waals surface area (Å²) in [6.45, 7) is 3.54. The average molecular weight is 306 g/mol. The summed E-state index contributed by atoms with van der Waals surface area (Å²) in [4.78, 5) is 22.8. The van der Waals surface area contributed by atoms with E-state index in [1.807, 2.05) is 0 Å². The minimum Gasteiger partial charge on any atom is -0.481 e. The van der Waals surface area contributed by atoms with Crippen molar-refractivity contribution in [2.75, 3.05) is 6.54 Å². The van der Waals surface area contributed by atoms with E-state index in [4.69, 9.17) is 28.3 Å². The normalized spacial score (nSPS) is 12.3. The van der Waals surface area contributed by atoms with E-state index in [1.165, 1.54) is 6.07 Å². The van der Waals surface area contributed by atoms with Gasteiger partial charge in [0.25, 0.3) is 5.91 Å². The van der Waals surface area contributed by atoms with Crippen molar-refractivity contribution in [2.45, 2.75) is 13.8 Å². The van der Waals surface area contributed by atoms with Crippen LogP contribution >= 0.6 is 23.2 Å². The molecule has 0 bridgehead atoms. The van der Waals surface area contributed by atoms with Crippen molar-refractivity contribution in [1.82, 2.24) is 15.5 Å². The first kappa shape index (κ1) is 15.7. The monoisotopic (exact) mass is 305 g/mol. The van der Waals surface area contributed by atoms with Gasteiger partial charge < -0.3 is 10.4 Å². The molecule has 1 aromatic heterocycles. The van der Waals surface area contributed by atoms with Gasteiger partial charge in [0.2, 0.25) is 0 Å². The standard InChI is InChI=1S/C11H13Cl2N3O3/c1-5(2)7(11(18)19)4-14-10(17)6-3-8(12)15-16-9(6)13/h3,5,7H,4H2,1-2H3,(H,14,17)(H,18,19). The molecule has 8 heteroatoms. The van der Waals surface area contributed by atoms with Gasteiger partial charge in [0, 0.05) is 6.54 Å². The highest BCUT2D eigenvalue weighted by Gasteiger charge is 2.23. The zero-order chi connectivity index (χ0) is 14.6. The third-order valence-electron chi connectivity index (χ3n) is 2.57. The Balaban J connectivity index is 2.75. The maximum absolute atomic E-state index is 11.9. The maximum atomic E-state index is 11.9. The van der Waals surface area contributed by atoms with Crippen molar-refractivity contribution in [2.24, 2.45) is 11.8 Å². The van der Waals surface area contributed by atoms with Crippen molar-refractivity contribution < 1.29 is 14.7 Å². The largest absolute Gasteiger partial charge is 0.481 e. The number of hydrogen-bond acceptors (Lipinski definition) is 4. The van der Waals surface area contributed by atoms with Crippen LogP contribution in [0.15, 0.2) is 6.07 Å². The molecule has 0 spiro atoms. The number of carbonyl (C=O) groups excluding carboxylic acids is 1. The summed E-state index contributed by atoms with van der Waals surface area (Å²) in [5.74, 6) is -2.28. The Bertz CT molecular complexity index is 494. The Morgan fingerprint density at radius 1 is 1.37 bits per heavy atom. The van der Waals surface area contributed by atoms with Crippen LogP contribution in [-0.2, 0) is 4.79 Å². The fourth-order valence-corrected chi connectivity index (χ4v) is 1.74. The first-order valence-electron chi connectivity index (χ1n) is 5.52. The number of carboxylic acids is 1. The van der Waals surface area contributed by atoms with Crippen LogP contribution in [0, 0.1) is 11.8 Å². The molecule has 0 saturated heterocycles. The second-order valence-corrected chi connectivity index (χ2v) is 5.02. The lowest BCUT2D eigenvalue weighted by molar-refractivity contribution is -0.142. The van der Waals surface area contributed by atoms with Crippen molar-refractivity contribution in [1.29, 1.82) is 0 Å². The number of aromatic nitrogens is 2. The molecule has 2 N–H and O–H groups in total. The van der Waals surface area contributed by atoms with Gasteiger partial charge in [0.1, 0.15) is 0 Å². The fraction of sp³-hybridized carbons (Fsp3) is 0.455. The number of hydrogen-bond donors (Lipinski definition) is 2. The minimum absolute atomic E-state index is 0.00209. The molecule has 104 valence electrons. The number of amides is 1. The lowest BCUT2D eigenvalue weighted by Gasteiger charge is -2.16. The first-order chi connectivity index (χ1) is 8.82. The molecule has 0 aliphatic rings. The molecule has 0 radical (unpaired) electrons. The Labute approximate surface area is 120 Å². The molecule has 1 heterocycles. The van der Waals surface area contributed by atoms with Gasteiger partial charge in [-0.1, -0.05) is 37.0 Å². The summed E-state index contributed by atoms with van der Waals surface area (Å²) >= 11 is 11.3. The molecule has 19 heavy (non-hydrogen) atoms. The Hall–Kier alpha value is -1.40. The summed E-state index contributed by atoms with van der Waals surface area (Å²) in [5.41, 5.74) is 0.0644. The van der Waals surface area contributed by atoms with E-state index in [0.29, 0.717) is 0 Å². The fourth-order valence-electron chi connectivity index (χ4n) is 1.42. The van der Waals surface area contributed by atoms with Gasteiger partial charge in [-0.3, -0.25) is 9.59 Å². The summed E-state index contributed by atoms with van der Waals surface area (Å²) in [7, 11) is 0. The molecule has 0 aliphatic heterocycles. The lowest BCUT2D eigenvalue weighted by atomic mass is 9.96. The topological polar surface area (TPSA) is 92.2 Å². The van der Waals surface area contributed by atoms with E-state index >= 15 is 0 Å². The summed E-state index contributed by atoms with van der Waals surface area (Å²) < 4.78 is 0. The molecule has 1 unspecified atom stereocenters. The van der Waals surface area contributed by atoms with Crippen LogP contribution in [-0.4, -0.2) is 33.7 Å². The van der Waals surface area contributed by atoms with Crippen molar-refractivity contribution in [3.63, 3.8) is 0 Å². The summed E-state index contributed by atoms with van der Waals surface area (Å²) in [6.07, 6.45) is 0. The highest BCUT2D eigenvalue weighted by molar-refractivity contribution is 6.34. The highest BCUT2D eigenvalue weighted by Crippen LogP contribution is 2.16. The Morgan fingerprint density at radius 2 is 2.00 bits per heavy atom. The van der Waals surface area contributed by atoms with Gasteiger partial charge in [0.05, 0.1) is 11.5 Å². The Morgan fingerprint density at radius 3 is 2.53 bits per heavy atom. The second kappa shape index (κ2) is 6.68. The maximum Gasteiger partial charge on any atom is 0.308 e. The van der Waals surface area contributed by atoms with Gasteiger partial charge in [-0.2, -0.15) is 0 Å². The smallest absolute Gasteiger partial charge is 0.308 e.